The van der Waals surface area contributed by atoms with Crippen LogP contribution in [0, 0.1) is 0 Å². The number of amides is 1. The number of carbonyl (C=O) groups excluding carboxylic acids is 1. The van der Waals surface area contributed by atoms with E-state index in [1.807, 2.05) is 33.8 Å². The summed E-state index contributed by atoms with van der Waals surface area (Å²) in [6, 6.07) is 7.78. The Labute approximate surface area is 159 Å². The Morgan fingerprint density at radius 2 is 2.19 bits per heavy atom. The molecule has 0 aliphatic carbocycles. The van der Waals surface area contributed by atoms with E-state index in [1.54, 1.807) is 6.20 Å². The fraction of sp³-hybridized carbons (Fsp3) is 0.550. The lowest BCUT2D eigenvalue weighted by atomic mass is 10.1. The SMILES string of the molecule is CN1CCCn2nc(C(=O)N3CCC[C@H](OCc4ccccn4)C3)cc2C1. The summed E-state index contributed by atoms with van der Waals surface area (Å²) in [5, 5.41) is 4.59. The van der Waals surface area contributed by atoms with Crippen molar-refractivity contribution in [2.45, 2.75) is 45.1 Å². The third-order valence-electron chi connectivity index (χ3n) is 5.28. The molecule has 1 atom stereocenters. The Bertz CT molecular complexity index is 776. The molecular formula is C20H27N5O2. The molecule has 4 heterocycles. The van der Waals surface area contributed by atoms with Crippen LogP contribution in [0.2, 0.25) is 0 Å². The molecule has 2 aromatic heterocycles. The van der Waals surface area contributed by atoms with Crippen LogP contribution in [0.3, 0.4) is 0 Å². The van der Waals surface area contributed by atoms with Gasteiger partial charge in [0.15, 0.2) is 5.69 Å². The number of likely N-dealkylation sites (tertiary alicyclic amines) is 1. The van der Waals surface area contributed by atoms with Crippen molar-refractivity contribution in [3.63, 3.8) is 0 Å². The van der Waals surface area contributed by atoms with Crippen molar-refractivity contribution in [3.8, 4) is 0 Å². The molecule has 0 unspecified atom stereocenters. The molecule has 7 nitrogen and oxygen atoms in total. The first kappa shape index (κ1) is 18.1. The zero-order valence-electron chi connectivity index (χ0n) is 15.9. The molecule has 0 saturated carbocycles. The van der Waals surface area contributed by atoms with E-state index in [-0.39, 0.29) is 12.0 Å². The summed E-state index contributed by atoms with van der Waals surface area (Å²) in [7, 11) is 2.11. The van der Waals surface area contributed by atoms with Crippen LogP contribution in [0.1, 0.15) is 41.1 Å². The molecule has 0 N–H and O–H groups in total. The Balaban J connectivity index is 1.38. The normalized spacial score (nSPS) is 20.9. The third-order valence-corrected chi connectivity index (χ3v) is 5.28. The standard InChI is InChI=1S/C20H27N5O2/c1-23-9-5-11-25-17(13-23)12-19(22-25)20(26)24-10-4-7-18(14-24)27-15-16-6-2-3-8-21-16/h2-3,6,8,12,18H,4-5,7,9-11,13-15H2,1H3/t18-/m0/s1. The van der Waals surface area contributed by atoms with Gasteiger partial charge in [0.05, 0.1) is 24.1 Å². The number of aryl methyl sites for hydroxylation is 1. The summed E-state index contributed by atoms with van der Waals surface area (Å²) < 4.78 is 8.00. The van der Waals surface area contributed by atoms with Crippen LogP contribution in [0.4, 0.5) is 0 Å². The smallest absolute Gasteiger partial charge is 0.274 e. The summed E-state index contributed by atoms with van der Waals surface area (Å²) in [6.45, 7) is 4.66. The van der Waals surface area contributed by atoms with Gasteiger partial charge in [-0.15, -0.1) is 0 Å². The van der Waals surface area contributed by atoms with Gasteiger partial charge in [-0.1, -0.05) is 6.07 Å². The van der Waals surface area contributed by atoms with E-state index in [2.05, 4.69) is 22.0 Å². The first-order valence-corrected chi connectivity index (χ1v) is 9.75. The van der Waals surface area contributed by atoms with Crippen molar-refractivity contribution in [3.05, 3.63) is 47.5 Å². The van der Waals surface area contributed by atoms with E-state index in [0.717, 1.165) is 56.8 Å². The maximum absolute atomic E-state index is 13.0. The number of piperidine rings is 1. The average molecular weight is 369 g/mol. The average Bonchev–Trinajstić information content (AvgIpc) is 3.01. The molecule has 2 aliphatic heterocycles. The van der Waals surface area contributed by atoms with Crippen LogP contribution in [-0.4, -0.2) is 63.3 Å². The molecule has 144 valence electrons. The second kappa shape index (κ2) is 8.19. The van der Waals surface area contributed by atoms with E-state index in [0.29, 0.717) is 18.8 Å². The number of rotatable bonds is 4. The predicted molar refractivity (Wildman–Crippen MR) is 101 cm³/mol. The highest BCUT2D eigenvalue weighted by atomic mass is 16.5. The second-order valence-electron chi connectivity index (χ2n) is 7.48. The first-order valence-electron chi connectivity index (χ1n) is 9.75. The molecule has 0 radical (unpaired) electrons. The number of aromatic nitrogens is 3. The molecule has 1 amide bonds. The maximum atomic E-state index is 13.0. The molecule has 2 aliphatic rings. The summed E-state index contributed by atoms with van der Waals surface area (Å²) in [5.74, 6) is 0.0179. The van der Waals surface area contributed by atoms with Crippen molar-refractivity contribution in [1.82, 2.24) is 24.6 Å². The fourth-order valence-corrected chi connectivity index (χ4v) is 3.83. The molecule has 4 rings (SSSR count). The summed E-state index contributed by atoms with van der Waals surface area (Å²) in [4.78, 5) is 21.4. The summed E-state index contributed by atoms with van der Waals surface area (Å²) in [5.41, 5.74) is 2.60. The number of ether oxygens (including phenoxy) is 1. The zero-order chi connectivity index (χ0) is 18.6. The molecule has 0 spiro atoms. The van der Waals surface area contributed by atoms with Gasteiger partial charge >= 0.3 is 0 Å². The van der Waals surface area contributed by atoms with Crippen LogP contribution >= 0.6 is 0 Å². The molecular weight excluding hydrogens is 342 g/mol. The number of pyridine rings is 1. The molecule has 0 aromatic carbocycles. The minimum absolute atomic E-state index is 0.0179. The van der Waals surface area contributed by atoms with Crippen molar-refractivity contribution in [1.29, 1.82) is 0 Å². The molecule has 27 heavy (non-hydrogen) atoms. The quantitative estimate of drug-likeness (QED) is 0.824. The van der Waals surface area contributed by atoms with E-state index >= 15 is 0 Å². The molecule has 1 fully saturated rings. The van der Waals surface area contributed by atoms with Crippen molar-refractivity contribution >= 4 is 5.91 Å². The fourth-order valence-electron chi connectivity index (χ4n) is 3.83. The molecule has 7 heteroatoms. The zero-order valence-corrected chi connectivity index (χ0v) is 15.9. The van der Waals surface area contributed by atoms with Gasteiger partial charge in [-0.2, -0.15) is 5.10 Å². The number of hydrogen-bond donors (Lipinski definition) is 0. The van der Waals surface area contributed by atoms with E-state index in [4.69, 9.17) is 4.74 Å². The van der Waals surface area contributed by atoms with Crippen LogP contribution in [-0.2, 0) is 24.4 Å². The Hall–Kier alpha value is -2.25. The Morgan fingerprint density at radius 3 is 3.04 bits per heavy atom. The van der Waals surface area contributed by atoms with Crippen molar-refractivity contribution < 1.29 is 9.53 Å². The van der Waals surface area contributed by atoms with Gasteiger partial charge in [-0.3, -0.25) is 14.5 Å². The Morgan fingerprint density at radius 1 is 1.26 bits per heavy atom. The topological polar surface area (TPSA) is 63.5 Å². The number of nitrogens with zero attached hydrogens (tertiary/aromatic N) is 5. The van der Waals surface area contributed by atoms with Crippen LogP contribution < -0.4 is 0 Å². The van der Waals surface area contributed by atoms with E-state index in [1.165, 1.54) is 0 Å². The van der Waals surface area contributed by atoms with Gasteiger partial charge < -0.3 is 14.5 Å². The monoisotopic (exact) mass is 369 g/mol. The highest BCUT2D eigenvalue weighted by Gasteiger charge is 2.27. The number of carbonyl (C=O) groups is 1. The largest absolute Gasteiger partial charge is 0.370 e. The van der Waals surface area contributed by atoms with Gasteiger partial charge in [-0.05, 0) is 44.5 Å². The number of hydrogen-bond acceptors (Lipinski definition) is 5. The highest BCUT2D eigenvalue weighted by Crippen LogP contribution is 2.19. The van der Waals surface area contributed by atoms with Crippen molar-refractivity contribution in [2.75, 3.05) is 26.7 Å². The molecule has 2 aromatic rings. The van der Waals surface area contributed by atoms with E-state index < -0.39 is 0 Å². The van der Waals surface area contributed by atoms with Gasteiger partial charge in [0.2, 0.25) is 0 Å². The molecule has 0 bridgehead atoms. The first-order chi connectivity index (χ1) is 13.2. The second-order valence-corrected chi connectivity index (χ2v) is 7.48. The lowest BCUT2D eigenvalue weighted by Gasteiger charge is -2.32. The van der Waals surface area contributed by atoms with Crippen LogP contribution in [0.15, 0.2) is 30.5 Å². The van der Waals surface area contributed by atoms with Crippen molar-refractivity contribution in [2.24, 2.45) is 0 Å². The van der Waals surface area contributed by atoms with Gasteiger partial charge in [0, 0.05) is 38.9 Å². The van der Waals surface area contributed by atoms with Gasteiger partial charge in [-0.25, -0.2) is 0 Å². The van der Waals surface area contributed by atoms with Gasteiger partial charge in [0.25, 0.3) is 5.91 Å². The molecule has 1 saturated heterocycles. The summed E-state index contributed by atoms with van der Waals surface area (Å²) >= 11 is 0. The van der Waals surface area contributed by atoms with Crippen LogP contribution in [0.5, 0.6) is 0 Å². The predicted octanol–water partition coefficient (Wildman–Crippen LogP) is 1.93. The lowest BCUT2D eigenvalue weighted by Crippen LogP contribution is -2.43. The third kappa shape index (κ3) is 4.36. The highest BCUT2D eigenvalue weighted by molar-refractivity contribution is 5.92. The lowest BCUT2D eigenvalue weighted by molar-refractivity contribution is -0.00803. The Kier molecular flexibility index (Phi) is 5.50. The van der Waals surface area contributed by atoms with Crippen LogP contribution in [0.25, 0.3) is 0 Å². The van der Waals surface area contributed by atoms with Gasteiger partial charge in [0.1, 0.15) is 0 Å². The minimum atomic E-state index is 0.0179. The number of fused-ring (bicyclic) bond motifs is 1. The minimum Gasteiger partial charge on any atom is -0.370 e. The van der Waals surface area contributed by atoms with E-state index in [9.17, 15) is 4.79 Å². The maximum Gasteiger partial charge on any atom is 0.274 e. The summed E-state index contributed by atoms with van der Waals surface area (Å²) in [6.07, 6.45) is 4.81.